The highest BCUT2D eigenvalue weighted by atomic mass is 19.1. The summed E-state index contributed by atoms with van der Waals surface area (Å²) in [6, 6.07) is 8.55. The molecule has 202 valence electrons. The first-order valence-corrected chi connectivity index (χ1v) is 11.2. The molecule has 0 atom stereocenters. The van der Waals surface area contributed by atoms with Crippen LogP contribution in [0.25, 0.3) is 10.9 Å². The number of hydrogen-bond donors (Lipinski definition) is 4. The number of rotatable bonds is 7. The molecule has 4 N–H and O–H groups in total. The number of aryl methyl sites for hydroxylation is 1. The lowest BCUT2D eigenvalue weighted by Gasteiger charge is -2.32. The largest absolute Gasteiger partial charge is 0.350 e. The van der Waals surface area contributed by atoms with Crippen LogP contribution in [0.4, 0.5) is 19.7 Å². The van der Waals surface area contributed by atoms with Gasteiger partial charge in [-0.3, -0.25) is 24.3 Å². The topological polar surface area (TPSA) is 125 Å². The molecule has 0 saturated carbocycles. The van der Waals surface area contributed by atoms with Gasteiger partial charge < -0.3 is 14.8 Å². The Morgan fingerprint density at radius 3 is 2.49 bits per heavy atom. The highest BCUT2D eigenvalue weighted by Gasteiger charge is 2.21. The lowest BCUT2D eigenvalue weighted by molar-refractivity contribution is -0.172. The summed E-state index contributed by atoms with van der Waals surface area (Å²) in [5.41, 5.74) is 4.51. The van der Waals surface area contributed by atoms with Gasteiger partial charge in [-0.2, -0.15) is 5.26 Å². The van der Waals surface area contributed by atoms with E-state index >= 15 is 0 Å². The summed E-state index contributed by atoms with van der Waals surface area (Å²) >= 11 is 0. The molecule has 0 aliphatic carbocycles. The molecule has 3 heterocycles. The van der Waals surface area contributed by atoms with Gasteiger partial charge in [0, 0.05) is 49.6 Å². The molecule has 0 spiro atoms. The fourth-order valence-corrected chi connectivity index (χ4v) is 4.17. The number of nitrogens with zero attached hydrogens (tertiary/aromatic N) is 4. The van der Waals surface area contributed by atoms with Crippen LogP contribution in [0.2, 0.25) is 0 Å². The summed E-state index contributed by atoms with van der Waals surface area (Å²) < 4.78 is 12.5. The van der Waals surface area contributed by atoms with E-state index in [1.54, 1.807) is 5.48 Å². The smallest absolute Gasteiger partial charge is 0.277 e. The summed E-state index contributed by atoms with van der Waals surface area (Å²) in [5, 5.41) is 20.8. The van der Waals surface area contributed by atoms with Crippen molar-refractivity contribution < 1.29 is 33.9 Å². The van der Waals surface area contributed by atoms with E-state index in [0.29, 0.717) is 11.9 Å². The van der Waals surface area contributed by atoms with E-state index in [-0.39, 0.29) is 15.0 Å². The fourth-order valence-electron chi connectivity index (χ4n) is 4.17. The molecule has 0 unspecified atom stereocenters. The minimum atomic E-state index is -0.602. The average Bonchev–Trinajstić information content (AvgIpc) is 3.23. The van der Waals surface area contributed by atoms with E-state index in [2.05, 4.69) is 67.1 Å². The van der Waals surface area contributed by atoms with Crippen molar-refractivity contribution in [3.63, 3.8) is 0 Å². The Balaban J connectivity index is 0.000000895. The van der Waals surface area contributed by atoms with Gasteiger partial charge in [-0.25, -0.2) is 15.4 Å². The number of aromatic nitrogens is 3. The molecular weight excluding hydrogens is 493 g/mol. The van der Waals surface area contributed by atoms with Crippen molar-refractivity contribution in [2.75, 3.05) is 31.1 Å². The molecule has 1 aromatic carbocycles. The first kappa shape index (κ1) is 31.2. The van der Waals surface area contributed by atoms with Crippen LogP contribution in [0.3, 0.4) is 0 Å². The molecule has 10 nitrogen and oxygen atoms in total. The van der Waals surface area contributed by atoms with Crippen molar-refractivity contribution in [2.24, 2.45) is 13.0 Å². The van der Waals surface area contributed by atoms with Crippen LogP contribution in [0.15, 0.2) is 42.9 Å². The third-order valence-corrected chi connectivity index (χ3v) is 5.97. The monoisotopic (exact) mass is 524 g/mol. The maximum absolute atomic E-state index is 11.4. The highest BCUT2D eigenvalue weighted by Crippen LogP contribution is 2.21. The number of carbonyl (C=O) groups excluding carboxylic acids is 1. The molecule has 3 aromatic rings. The highest BCUT2D eigenvalue weighted by molar-refractivity contribution is 5.92. The number of hydrogen-bond acceptors (Lipinski definition) is 8. The number of benzene rings is 1. The maximum Gasteiger partial charge on any atom is 0.277 e. The molecular formula is C24H31F3N6O4. The molecule has 1 aliphatic heterocycles. The molecule has 1 aliphatic rings. The number of fused-ring (bicyclic) bond motifs is 1. The summed E-state index contributed by atoms with van der Waals surface area (Å²) in [7, 11) is 2.10. The van der Waals surface area contributed by atoms with Gasteiger partial charge in [-0.15, -0.1) is 4.39 Å². The molecule has 1 amide bonds. The van der Waals surface area contributed by atoms with Crippen molar-refractivity contribution in [3.05, 3.63) is 54.0 Å². The summed E-state index contributed by atoms with van der Waals surface area (Å²) in [6.45, 7) is 3.81. The second kappa shape index (κ2) is 16.0. The van der Waals surface area contributed by atoms with Crippen molar-refractivity contribution in [3.8, 4) is 12.3 Å². The lowest BCUT2D eigenvalue weighted by Crippen LogP contribution is -2.38. The van der Waals surface area contributed by atoms with Gasteiger partial charge in [-0.05, 0) is 49.9 Å². The number of halogens is 3. The molecule has 1 fully saturated rings. The Morgan fingerprint density at radius 1 is 1.22 bits per heavy atom. The van der Waals surface area contributed by atoms with E-state index < -0.39 is 5.91 Å². The second-order valence-electron chi connectivity index (χ2n) is 8.17. The fraction of sp³-hybridized carbons (Fsp3) is 0.375. The number of amides is 1. The van der Waals surface area contributed by atoms with E-state index in [0.717, 1.165) is 51.6 Å². The second-order valence-corrected chi connectivity index (χ2v) is 8.17. The zero-order valence-electron chi connectivity index (χ0n) is 20.3. The van der Waals surface area contributed by atoms with Gasteiger partial charge >= 0.3 is 0 Å². The predicted octanol–water partition coefficient (Wildman–Crippen LogP) is 2.80. The van der Waals surface area contributed by atoms with E-state index in [1.807, 2.05) is 0 Å². The molecule has 13 heteroatoms. The lowest BCUT2D eigenvalue weighted by atomic mass is 9.97. The van der Waals surface area contributed by atoms with Crippen LogP contribution in [0.1, 0.15) is 28.8 Å². The maximum atomic E-state index is 11.4. The predicted molar refractivity (Wildman–Crippen MR) is 133 cm³/mol. The van der Waals surface area contributed by atoms with Crippen LogP contribution in [-0.2, 0) is 18.4 Å². The molecule has 4 rings (SSSR count). The third-order valence-electron chi connectivity index (χ3n) is 5.97. The van der Waals surface area contributed by atoms with E-state index in [4.69, 9.17) is 10.5 Å². The molecule has 1 saturated heterocycles. The Labute approximate surface area is 212 Å². The van der Waals surface area contributed by atoms with Crippen molar-refractivity contribution in [1.29, 1.82) is 0 Å². The quantitative estimate of drug-likeness (QED) is 0.122. The van der Waals surface area contributed by atoms with Gasteiger partial charge in [0.1, 0.15) is 0 Å². The van der Waals surface area contributed by atoms with Gasteiger partial charge in [0.2, 0.25) is 5.95 Å². The Kier molecular flexibility index (Phi) is 13.5. The van der Waals surface area contributed by atoms with Crippen molar-refractivity contribution in [2.45, 2.75) is 19.3 Å². The van der Waals surface area contributed by atoms with E-state index in [1.165, 1.54) is 35.0 Å². The van der Waals surface area contributed by atoms with Crippen molar-refractivity contribution in [1.82, 2.24) is 25.3 Å². The molecule has 0 bridgehead atoms. The third kappa shape index (κ3) is 8.64. The number of para-hydroxylation sites is 1. The Hall–Kier alpha value is -3.86. The minimum absolute atomic E-state index is 0. The SMILES string of the molecule is Cn1cc(CCNCC2CCN(c3ncc(C(=O)NO)cn3)CC2)c2ccccc21.F.F.OOC#CF. The van der Waals surface area contributed by atoms with Gasteiger partial charge in [-0.1, -0.05) is 18.2 Å². The van der Waals surface area contributed by atoms with Crippen molar-refractivity contribution >= 4 is 22.8 Å². The van der Waals surface area contributed by atoms with Crippen LogP contribution >= 0.6 is 0 Å². The molecule has 37 heavy (non-hydrogen) atoms. The summed E-state index contributed by atoms with van der Waals surface area (Å²) in [6.07, 6.45) is 10.4. The zero-order valence-corrected chi connectivity index (χ0v) is 20.3. The number of nitrogens with one attached hydrogen (secondary N) is 2. The number of hydroxylamine groups is 1. The minimum Gasteiger partial charge on any atom is -0.350 e. The summed E-state index contributed by atoms with van der Waals surface area (Å²) in [5.74, 6) is 0.676. The standard InChI is InChI=1S/C22H28N6O2.C2HFO2.2FH/c1-27-15-17(19-4-2-3-5-20(19)27)6-9-23-12-16-7-10-28(11-8-16)22-24-13-18(14-25-22)21(29)26-30;3-1-2-5-4;;/h2-5,13-16,23,30H,6-12H2,1H3,(H,26,29);4H;2*1H. The van der Waals surface area contributed by atoms with Gasteiger partial charge in [0.15, 0.2) is 12.3 Å². The van der Waals surface area contributed by atoms with Crippen LogP contribution in [-0.4, -0.2) is 57.1 Å². The average molecular weight is 525 g/mol. The Morgan fingerprint density at radius 2 is 1.89 bits per heavy atom. The number of carbonyl (C=O) groups is 1. The molecule has 2 aromatic heterocycles. The first-order chi connectivity index (χ1) is 17.1. The zero-order chi connectivity index (χ0) is 25.0. The van der Waals surface area contributed by atoms with E-state index in [9.17, 15) is 9.18 Å². The number of piperidine rings is 1. The van der Waals surface area contributed by atoms with Crippen LogP contribution in [0, 0.1) is 18.2 Å². The first-order valence-electron chi connectivity index (χ1n) is 11.2. The van der Waals surface area contributed by atoms with Crippen LogP contribution < -0.4 is 15.7 Å². The number of anilines is 1. The molecule has 0 radical (unpaired) electrons. The Bertz CT molecular complexity index is 1160. The summed E-state index contributed by atoms with van der Waals surface area (Å²) in [4.78, 5) is 25.0. The van der Waals surface area contributed by atoms with Crippen LogP contribution in [0.5, 0.6) is 0 Å². The van der Waals surface area contributed by atoms with Gasteiger partial charge in [0.25, 0.3) is 5.91 Å². The normalized spacial score (nSPS) is 12.7. The van der Waals surface area contributed by atoms with Gasteiger partial charge in [0.05, 0.1) is 5.56 Å².